The maximum absolute atomic E-state index is 11.9. The third kappa shape index (κ3) is 6.95. The van der Waals surface area contributed by atoms with Gasteiger partial charge in [0, 0.05) is 12.2 Å². The molecule has 0 aliphatic heterocycles. The quantitative estimate of drug-likeness (QED) is 0.398. The molecule has 0 spiro atoms. The summed E-state index contributed by atoms with van der Waals surface area (Å²) in [4.78, 5) is 25.4. The summed E-state index contributed by atoms with van der Waals surface area (Å²) in [6.07, 6.45) is 0.611. The number of nitrogens with zero attached hydrogens (tertiary/aromatic N) is 1. The molecule has 6 nitrogen and oxygen atoms in total. The number of carbonyl (C=O) groups excluding carboxylic acids is 1. The largest absolute Gasteiger partial charge is 1.00 e. The fourth-order valence-electron chi connectivity index (χ4n) is 2.09. The molecule has 0 fully saturated rings. The standard InChI is InChI=1S/C16H15NO5.2K/c18-14-7-5-10-3-1-2-4-11(10)12(14)9-17-13(16(21)22)6-8-15(19)20;;/h1-5,7,9,13,18H,6,8H2,(H,19,20)(H,21,22);;/q;2*+1/p-2. The predicted octanol–water partition coefficient (Wildman–Crippen LogP) is -5.68. The zero-order valence-electron chi connectivity index (χ0n) is 13.6. The van der Waals surface area contributed by atoms with Crippen LogP contribution >= 0.6 is 0 Å². The minimum absolute atomic E-state index is 0. The molecule has 1 unspecified atom stereocenters. The van der Waals surface area contributed by atoms with Crippen molar-refractivity contribution in [3.05, 3.63) is 42.0 Å². The van der Waals surface area contributed by atoms with E-state index in [0.29, 0.717) is 5.39 Å². The second kappa shape index (κ2) is 11.9. The van der Waals surface area contributed by atoms with Crippen molar-refractivity contribution in [2.75, 3.05) is 0 Å². The maximum atomic E-state index is 11.9. The molecule has 114 valence electrons. The number of aliphatic imine (C=N–C) groups is 1. The summed E-state index contributed by atoms with van der Waals surface area (Å²) >= 11 is 0. The molecular weight excluding hydrogens is 364 g/mol. The van der Waals surface area contributed by atoms with Crippen molar-refractivity contribution in [3.8, 4) is 5.75 Å². The van der Waals surface area contributed by atoms with Crippen LogP contribution in [0.5, 0.6) is 5.75 Å². The van der Waals surface area contributed by atoms with E-state index >= 15 is 0 Å². The van der Waals surface area contributed by atoms with Gasteiger partial charge in [-0.1, -0.05) is 42.1 Å². The Morgan fingerprint density at radius 3 is 2.46 bits per heavy atom. The summed E-state index contributed by atoms with van der Waals surface area (Å²) in [5, 5.41) is 32.9. The van der Waals surface area contributed by atoms with E-state index in [4.69, 9.17) is 5.11 Å². The second-order valence-electron chi connectivity index (χ2n) is 4.74. The molecule has 0 bridgehead atoms. The summed E-state index contributed by atoms with van der Waals surface area (Å²) in [5.74, 6) is -2.85. The molecule has 0 aromatic heterocycles. The van der Waals surface area contributed by atoms with Gasteiger partial charge in [0.1, 0.15) is 6.04 Å². The molecule has 2 rings (SSSR count). The van der Waals surface area contributed by atoms with Crippen molar-refractivity contribution in [2.24, 2.45) is 4.99 Å². The zero-order valence-corrected chi connectivity index (χ0v) is 19.8. The van der Waals surface area contributed by atoms with Crippen LogP contribution in [0.15, 0.2) is 41.4 Å². The molecular formula is C16H13K2NO5. The Labute approximate surface area is 224 Å². The molecule has 0 saturated carbocycles. The third-order valence-corrected chi connectivity index (χ3v) is 3.22. The first-order chi connectivity index (χ1) is 10.5. The molecule has 1 N–H and O–H groups in total. The van der Waals surface area contributed by atoms with E-state index in [1.807, 2.05) is 12.1 Å². The van der Waals surface area contributed by atoms with Crippen LogP contribution in [0.2, 0.25) is 0 Å². The van der Waals surface area contributed by atoms with Crippen LogP contribution < -0.4 is 113 Å². The van der Waals surface area contributed by atoms with Crippen LogP contribution in [-0.4, -0.2) is 29.3 Å². The number of fused-ring (bicyclic) bond motifs is 1. The van der Waals surface area contributed by atoms with Gasteiger partial charge >= 0.3 is 109 Å². The van der Waals surface area contributed by atoms with Gasteiger partial charge in [0.15, 0.2) is 0 Å². The van der Waals surface area contributed by atoms with E-state index in [0.717, 1.165) is 5.39 Å². The Balaban J connectivity index is 0.00000264. The molecule has 8 heteroatoms. The van der Waals surface area contributed by atoms with E-state index in [1.165, 1.54) is 12.3 Å². The SMILES string of the molecule is O=C([O-])CCC(N=Cc1c([O-])ccc2ccccc12)C(=O)O.[K+].[K+]. The molecule has 0 amide bonds. The minimum atomic E-state index is -1.34. The Bertz CT molecular complexity index is 748. The average molecular weight is 377 g/mol. The van der Waals surface area contributed by atoms with Crippen LogP contribution in [0.4, 0.5) is 0 Å². The first kappa shape index (κ1) is 24.4. The Kier molecular flexibility index (Phi) is 12.1. The summed E-state index contributed by atoms with van der Waals surface area (Å²) in [7, 11) is 0. The smallest absolute Gasteiger partial charge is 0.872 e. The Morgan fingerprint density at radius 1 is 1.17 bits per heavy atom. The first-order valence-electron chi connectivity index (χ1n) is 6.63. The van der Waals surface area contributed by atoms with Gasteiger partial charge in [0.05, 0.1) is 0 Å². The summed E-state index contributed by atoms with van der Waals surface area (Å²) in [6, 6.07) is 9.01. The van der Waals surface area contributed by atoms with Crippen molar-refractivity contribution in [1.29, 1.82) is 0 Å². The number of hydrogen-bond donors (Lipinski definition) is 1. The minimum Gasteiger partial charge on any atom is -0.872 e. The van der Waals surface area contributed by atoms with Gasteiger partial charge in [-0.05, 0) is 29.2 Å². The molecule has 24 heavy (non-hydrogen) atoms. The zero-order chi connectivity index (χ0) is 16.1. The summed E-state index contributed by atoms with van der Waals surface area (Å²) in [5.41, 5.74) is 0.290. The molecule has 2 aromatic rings. The number of hydrogen-bond acceptors (Lipinski definition) is 5. The van der Waals surface area contributed by atoms with Crippen molar-refractivity contribution in [3.63, 3.8) is 0 Å². The van der Waals surface area contributed by atoms with Gasteiger partial charge in [0.25, 0.3) is 0 Å². The Hall–Kier alpha value is 0.383. The molecule has 0 radical (unpaired) electrons. The predicted molar refractivity (Wildman–Crippen MR) is 76.7 cm³/mol. The van der Waals surface area contributed by atoms with Crippen LogP contribution in [-0.2, 0) is 9.59 Å². The van der Waals surface area contributed by atoms with Gasteiger partial charge < -0.3 is 20.1 Å². The van der Waals surface area contributed by atoms with Gasteiger partial charge in [-0.3, -0.25) is 4.99 Å². The average Bonchev–Trinajstić information content (AvgIpc) is 2.48. The van der Waals surface area contributed by atoms with Gasteiger partial charge in [-0.2, -0.15) is 0 Å². The van der Waals surface area contributed by atoms with E-state index in [-0.39, 0.29) is 121 Å². The normalized spacial score (nSPS) is 11.5. The number of carboxylic acid groups (broad SMARTS) is 2. The fraction of sp³-hybridized carbons (Fsp3) is 0.188. The third-order valence-electron chi connectivity index (χ3n) is 3.22. The van der Waals surface area contributed by atoms with Crippen molar-refractivity contribution < 1.29 is 128 Å². The molecule has 0 saturated heterocycles. The second-order valence-corrected chi connectivity index (χ2v) is 4.74. The first-order valence-corrected chi connectivity index (χ1v) is 6.63. The number of carboxylic acids is 2. The number of benzene rings is 2. The van der Waals surface area contributed by atoms with E-state index in [2.05, 4.69) is 4.99 Å². The van der Waals surface area contributed by atoms with Crippen LogP contribution in [0.3, 0.4) is 0 Å². The van der Waals surface area contributed by atoms with Gasteiger partial charge in [0.2, 0.25) is 0 Å². The van der Waals surface area contributed by atoms with Crippen LogP contribution in [0, 0.1) is 0 Å². The van der Waals surface area contributed by atoms with Crippen LogP contribution in [0.1, 0.15) is 18.4 Å². The molecule has 0 aliphatic carbocycles. The van der Waals surface area contributed by atoms with Gasteiger partial charge in [-0.25, -0.2) is 4.79 Å². The molecule has 0 aliphatic rings. The van der Waals surface area contributed by atoms with Crippen molar-refractivity contribution >= 4 is 28.9 Å². The molecule has 2 aromatic carbocycles. The fourth-order valence-corrected chi connectivity index (χ4v) is 2.09. The summed E-state index contributed by atoms with van der Waals surface area (Å²) < 4.78 is 0. The van der Waals surface area contributed by atoms with E-state index in [9.17, 15) is 19.8 Å². The van der Waals surface area contributed by atoms with Gasteiger partial charge in [-0.15, -0.1) is 0 Å². The number of aliphatic carboxylic acids is 2. The Morgan fingerprint density at radius 2 is 1.83 bits per heavy atom. The summed E-state index contributed by atoms with van der Waals surface area (Å²) in [6.45, 7) is 0. The van der Waals surface area contributed by atoms with Crippen LogP contribution in [0.25, 0.3) is 10.8 Å². The maximum Gasteiger partial charge on any atom is 1.00 e. The van der Waals surface area contributed by atoms with Crippen molar-refractivity contribution in [1.82, 2.24) is 0 Å². The van der Waals surface area contributed by atoms with Crippen molar-refractivity contribution in [2.45, 2.75) is 18.9 Å². The van der Waals surface area contributed by atoms with E-state index in [1.54, 1.807) is 18.2 Å². The molecule has 0 heterocycles. The monoisotopic (exact) mass is 377 g/mol. The molecule has 1 atom stereocenters. The number of carbonyl (C=O) groups is 2. The topological polar surface area (TPSA) is 113 Å². The van der Waals surface area contributed by atoms with E-state index < -0.39 is 24.4 Å². The number of rotatable bonds is 6.